The van der Waals surface area contributed by atoms with Crippen LogP contribution in [0.15, 0.2) is 0 Å². The maximum Gasteiger partial charge on any atom is 0.310 e. The van der Waals surface area contributed by atoms with Crippen molar-refractivity contribution in [3.8, 4) is 0 Å². The van der Waals surface area contributed by atoms with Crippen LogP contribution in [-0.4, -0.2) is 35.7 Å². The van der Waals surface area contributed by atoms with E-state index in [1.54, 1.807) is 0 Å². The Balaban J connectivity index is 1.41. The van der Waals surface area contributed by atoms with Crippen molar-refractivity contribution in [2.75, 3.05) is 6.61 Å². The fraction of sp³-hybridized carbons (Fsp3) is 0.850. The van der Waals surface area contributed by atoms with Gasteiger partial charge in [-0.1, -0.05) is 13.8 Å². The van der Waals surface area contributed by atoms with E-state index in [9.17, 15) is 19.5 Å². The summed E-state index contributed by atoms with van der Waals surface area (Å²) >= 11 is 0. The molecule has 1 aliphatic heterocycles. The van der Waals surface area contributed by atoms with Crippen molar-refractivity contribution in [3.05, 3.63) is 0 Å². The molecule has 1 saturated heterocycles. The molecule has 11 unspecified atom stereocenters. The van der Waals surface area contributed by atoms with Gasteiger partial charge in [0.1, 0.15) is 12.7 Å². The van der Waals surface area contributed by atoms with E-state index in [0.717, 1.165) is 6.42 Å². The minimum atomic E-state index is -0.861. The Bertz CT molecular complexity index is 673. The molecule has 0 aromatic rings. The van der Waals surface area contributed by atoms with Crippen molar-refractivity contribution in [1.29, 1.82) is 0 Å². The summed E-state index contributed by atoms with van der Waals surface area (Å²) in [6.45, 7) is 4.73. The molecule has 6 heteroatoms. The van der Waals surface area contributed by atoms with Gasteiger partial charge in [-0.2, -0.15) is 0 Å². The maximum atomic E-state index is 12.9. The fourth-order valence-electron chi connectivity index (χ4n) is 7.71. The summed E-state index contributed by atoms with van der Waals surface area (Å²) in [7, 11) is 0. The second-order valence-electron chi connectivity index (χ2n) is 9.34. The van der Waals surface area contributed by atoms with Crippen LogP contribution in [0.4, 0.5) is 0 Å². The van der Waals surface area contributed by atoms with Gasteiger partial charge in [0.2, 0.25) is 0 Å². The van der Waals surface area contributed by atoms with Crippen LogP contribution in [0.1, 0.15) is 33.1 Å². The van der Waals surface area contributed by atoms with E-state index in [2.05, 4.69) is 13.8 Å². The number of esters is 2. The minimum absolute atomic E-state index is 0.0790. The molecule has 1 N–H and O–H groups in total. The zero-order valence-corrected chi connectivity index (χ0v) is 15.2. The fourth-order valence-corrected chi connectivity index (χ4v) is 7.71. The van der Waals surface area contributed by atoms with Gasteiger partial charge in [-0.3, -0.25) is 14.4 Å². The van der Waals surface area contributed by atoms with E-state index in [0.29, 0.717) is 35.5 Å². The molecule has 0 amide bonds. The molecule has 4 bridgehead atoms. The van der Waals surface area contributed by atoms with E-state index in [-0.39, 0.29) is 30.8 Å². The van der Waals surface area contributed by atoms with Crippen LogP contribution in [0.5, 0.6) is 0 Å². The van der Waals surface area contributed by atoms with Crippen LogP contribution in [-0.2, 0) is 23.9 Å². The van der Waals surface area contributed by atoms with Crippen LogP contribution in [0.2, 0.25) is 0 Å². The van der Waals surface area contributed by atoms with Crippen molar-refractivity contribution in [1.82, 2.24) is 0 Å². The van der Waals surface area contributed by atoms with Crippen molar-refractivity contribution < 1.29 is 29.0 Å². The molecule has 4 aliphatic carbocycles. The second kappa shape index (κ2) is 5.46. The molecule has 142 valence electrons. The monoisotopic (exact) mass is 362 g/mol. The molecule has 5 aliphatic rings. The lowest BCUT2D eigenvalue weighted by atomic mass is 9.59. The summed E-state index contributed by atoms with van der Waals surface area (Å²) in [5.74, 6) is 0.896. The first-order valence-corrected chi connectivity index (χ1v) is 9.97. The predicted molar refractivity (Wildman–Crippen MR) is 88.6 cm³/mol. The number of cyclic esters (lactones) is 1. The van der Waals surface area contributed by atoms with Gasteiger partial charge < -0.3 is 14.6 Å². The summed E-state index contributed by atoms with van der Waals surface area (Å²) in [5.41, 5.74) is 0. The third kappa shape index (κ3) is 2.01. The standard InChI is InChI=1S/C20H26O6/c1-7-8(2)11-4-10(7)15-12-5-13(16(11)15)18(17(12)19(22)23)20(24)26-9-3-14(21)25-6-9/h7-13,15-18H,3-6H2,1-2H3,(H,22,23). The highest BCUT2D eigenvalue weighted by molar-refractivity contribution is 5.83. The quantitative estimate of drug-likeness (QED) is 0.610. The molecular weight excluding hydrogens is 336 g/mol. The third-order valence-electron chi connectivity index (χ3n) is 8.66. The van der Waals surface area contributed by atoms with Crippen LogP contribution in [0, 0.1) is 59.2 Å². The molecule has 4 saturated carbocycles. The Morgan fingerprint density at radius 2 is 1.58 bits per heavy atom. The van der Waals surface area contributed by atoms with Crippen molar-refractivity contribution in [3.63, 3.8) is 0 Å². The first-order valence-electron chi connectivity index (χ1n) is 9.97. The molecule has 0 spiro atoms. The van der Waals surface area contributed by atoms with Gasteiger partial charge in [-0.15, -0.1) is 0 Å². The van der Waals surface area contributed by atoms with E-state index >= 15 is 0 Å². The normalized spacial score (nSPS) is 53.6. The zero-order valence-electron chi connectivity index (χ0n) is 15.2. The van der Waals surface area contributed by atoms with Gasteiger partial charge in [-0.25, -0.2) is 0 Å². The number of aliphatic carboxylic acids is 1. The molecule has 0 radical (unpaired) electrons. The lowest BCUT2D eigenvalue weighted by Gasteiger charge is -2.45. The molecule has 1 heterocycles. The highest BCUT2D eigenvalue weighted by Gasteiger charge is 2.71. The van der Waals surface area contributed by atoms with Crippen molar-refractivity contribution in [2.45, 2.75) is 39.2 Å². The third-order valence-corrected chi connectivity index (χ3v) is 8.66. The topological polar surface area (TPSA) is 89.9 Å². The predicted octanol–water partition coefficient (Wildman–Crippen LogP) is 1.97. The molecule has 6 nitrogen and oxygen atoms in total. The number of carbonyl (C=O) groups is 3. The number of hydrogen-bond acceptors (Lipinski definition) is 5. The Morgan fingerprint density at radius 3 is 2.12 bits per heavy atom. The second-order valence-corrected chi connectivity index (χ2v) is 9.34. The van der Waals surface area contributed by atoms with Gasteiger partial charge in [0.15, 0.2) is 0 Å². The summed E-state index contributed by atoms with van der Waals surface area (Å²) < 4.78 is 10.4. The lowest BCUT2D eigenvalue weighted by molar-refractivity contribution is -0.168. The number of carboxylic acid groups (broad SMARTS) is 1. The molecule has 5 fully saturated rings. The largest absolute Gasteiger partial charge is 0.481 e. The number of carbonyl (C=O) groups excluding carboxylic acids is 2. The zero-order chi connectivity index (χ0) is 18.3. The lowest BCUT2D eigenvalue weighted by Crippen LogP contribution is -2.47. The number of fused-ring (bicyclic) bond motifs is 9. The van der Waals surface area contributed by atoms with E-state index < -0.39 is 29.9 Å². The highest BCUT2D eigenvalue weighted by atomic mass is 16.6. The molecule has 26 heavy (non-hydrogen) atoms. The van der Waals surface area contributed by atoms with Crippen LogP contribution >= 0.6 is 0 Å². The summed E-state index contributed by atoms with van der Waals surface area (Å²) in [6, 6.07) is 0. The molecule has 5 rings (SSSR count). The van der Waals surface area contributed by atoms with Crippen LogP contribution in [0.25, 0.3) is 0 Å². The number of carboxylic acids is 1. The highest BCUT2D eigenvalue weighted by Crippen LogP contribution is 2.72. The number of rotatable bonds is 3. The Kier molecular flexibility index (Phi) is 3.48. The Morgan fingerprint density at radius 1 is 1.00 bits per heavy atom. The Labute approximate surface area is 152 Å². The van der Waals surface area contributed by atoms with Gasteiger partial charge >= 0.3 is 17.9 Å². The average molecular weight is 362 g/mol. The van der Waals surface area contributed by atoms with E-state index in [1.165, 1.54) is 6.42 Å². The van der Waals surface area contributed by atoms with Gasteiger partial charge in [0.25, 0.3) is 0 Å². The number of hydrogen-bond donors (Lipinski definition) is 1. The van der Waals surface area contributed by atoms with E-state index in [1.807, 2.05) is 0 Å². The van der Waals surface area contributed by atoms with Gasteiger partial charge in [-0.05, 0) is 60.2 Å². The van der Waals surface area contributed by atoms with Crippen LogP contribution in [0.3, 0.4) is 0 Å². The van der Waals surface area contributed by atoms with Crippen molar-refractivity contribution in [2.24, 2.45) is 59.2 Å². The van der Waals surface area contributed by atoms with Crippen molar-refractivity contribution >= 4 is 17.9 Å². The van der Waals surface area contributed by atoms with Crippen LogP contribution < -0.4 is 0 Å². The summed E-state index contributed by atoms with van der Waals surface area (Å²) in [6.07, 6.45) is 1.57. The molecule has 11 atom stereocenters. The van der Waals surface area contributed by atoms with E-state index in [4.69, 9.17) is 9.47 Å². The summed E-state index contributed by atoms with van der Waals surface area (Å²) in [4.78, 5) is 36.2. The molecule has 0 aromatic heterocycles. The first-order chi connectivity index (χ1) is 12.4. The maximum absolute atomic E-state index is 12.9. The average Bonchev–Trinajstić information content (AvgIpc) is 3.34. The van der Waals surface area contributed by atoms with Gasteiger partial charge in [0, 0.05) is 0 Å². The SMILES string of the molecule is CC1C(C)C2CC1C1C3CC(C(C(=O)OC4COC(=O)C4)C3C(=O)O)C21. The smallest absolute Gasteiger partial charge is 0.310 e. The van der Waals surface area contributed by atoms with Gasteiger partial charge in [0.05, 0.1) is 18.3 Å². The molecule has 0 aromatic carbocycles. The molecular formula is C20H26O6. The Hall–Kier alpha value is -1.59. The summed E-state index contributed by atoms with van der Waals surface area (Å²) in [5, 5.41) is 9.88. The minimum Gasteiger partial charge on any atom is -0.481 e. The number of ether oxygens (including phenoxy) is 2. The first kappa shape index (κ1) is 16.6.